The molecule has 6 atom stereocenters. The summed E-state index contributed by atoms with van der Waals surface area (Å²) in [6.45, 7) is 5.26. The average molecular weight is 622 g/mol. The highest BCUT2D eigenvalue weighted by atomic mass is 32.1. The maximum absolute atomic E-state index is 13.3. The molecule has 0 radical (unpaired) electrons. The van der Waals surface area contributed by atoms with Crippen LogP contribution in [0.15, 0.2) is 18.2 Å². The fourth-order valence-corrected chi connectivity index (χ4v) is 6.68. The molecule has 1 aromatic carbocycles. The third-order valence-electron chi connectivity index (χ3n) is 9.04. The van der Waals surface area contributed by atoms with E-state index in [0.29, 0.717) is 37.4 Å². The monoisotopic (exact) mass is 621 g/mol. The van der Waals surface area contributed by atoms with Gasteiger partial charge in [0.1, 0.15) is 17.9 Å². The second kappa shape index (κ2) is 17.7. The van der Waals surface area contributed by atoms with Crippen LogP contribution >= 0.6 is 12.6 Å². The van der Waals surface area contributed by atoms with Gasteiger partial charge in [-0.25, -0.2) is 9.59 Å². The van der Waals surface area contributed by atoms with Gasteiger partial charge in [0.05, 0.1) is 6.10 Å². The van der Waals surface area contributed by atoms with Crippen molar-refractivity contribution in [3.63, 3.8) is 0 Å². The number of rotatable bonds is 18. The van der Waals surface area contributed by atoms with E-state index in [2.05, 4.69) is 36.3 Å². The number of hydrogen-bond donors (Lipinski definition) is 5. The van der Waals surface area contributed by atoms with Gasteiger partial charge in [-0.1, -0.05) is 38.3 Å². The summed E-state index contributed by atoms with van der Waals surface area (Å²) in [6, 6.07) is 5.08. The molecule has 10 nitrogen and oxygen atoms in total. The first kappa shape index (κ1) is 35.0. The zero-order chi connectivity index (χ0) is 31.4. The van der Waals surface area contributed by atoms with Gasteiger partial charge in [-0.3, -0.25) is 9.69 Å². The molecule has 43 heavy (non-hydrogen) atoms. The number of likely N-dealkylation sites (N-methyl/N-ethyl adjacent to an activating group) is 1. The van der Waals surface area contributed by atoms with Crippen molar-refractivity contribution in [2.45, 2.75) is 89.9 Å². The standard InChI is InChI=1S/C32H51N3O7S/c1-4-5-6-9-24(36)11-12-25-26-17-22-8-7-10-28(41-20-30(37)38)27(22)18-23(26)19-29(25)42-32(40)35(3)21(2)31(39)34-14-13-33-15-16-43/h7-8,10,21,23-26,29,33,36,43H,4-6,9,11-20H2,1-3H3,(H,34,39)(H,37,38)/t21-,23+,24+,25-,26+,29-/m1/s1. The summed E-state index contributed by atoms with van der Waals surface area (Å²) in [5.41, 5.74) is 2.16. The number of carboxylic acids is 1. The lowest BCUT2D eigenvalue weighted by Crippen LogP contribution is -2.48. The summed E-state index contributed by atoms with van der Waals surface area (Å²) in [4.78, 5) is 38.5. The van der Waals surface area contributed by atoms with Gasteiger partial charge in [0.25, 0.3) is 0 Å². The Labute approximate surface area is 261 Å². The van der Waals surface area contributed by atoms with Gasteiger partial charge >= 0.3 is 12.1 Å². The summed E-state index contributed by atoms with van der Waals surface area (Å²) in [5, 5.41) is 25.8. The molecule has 3 rings (SSSR count). The second-order valence-corrected chi connectivity index (χ2v) is 12.5. The second-order valence-electron chi connectivity index (χ2n) is 12.0. The first-order chi connectivity index (χ1) is 20.7. The summed E-state index contributed by atoms with van der Waals surface area (Å²) < 4.78 is 11.8. The molecule has 4 N–H and O–H groups in total. The zero-order valence-corrected chi connectivity index (χ0v) is 26.8. The van der Waals surface area contributed by atoms with Crippen LogP contribution in [0, 0.1) is 17.8 Å². The van der Waals surface area contributed by atoms with E-state index in [1.807, 2.05) is 12.1 Å². The number of ether oxygens (including phenoxy) is 2. The van der Waals surface area contributed by atoms with Crippen molar-refractivity contribution < 1.29 is 34.1 Å². The molecule has 2 aliphatic rings. The Morgan fingerprint density at radius 1 is 1.14 bits per heavy atom. The van der Waals surface area contributed by atoms with Gasteiger partial charge in [0.2, 0.25) is 5.91 Å². The van der Waals surface area contributed by atoms with Crippen molar-refractivity contribution in [3.05, 3.63) is 29.3 Å². The normalized spacial score (nSPS) is 22.2. The first-order valence-corrected chi connectivity index (χ1v) is 16.5. The number of benzene rings is 1. The molecule has 1 aromatic rings. The number of hydrogen-bond acceptors (Lipinski definition) is 8. The molecule has 0 saturated heterocycles. The fraction of sp³-hybridized carbons (Fsp3) is 0.719. The van der Waals surface area contributed by atoms with Gasteiger partial charge in [0, 0.05) is 32.4 Å². The Balaban J connectivity index is 1.69. The van der Waals surface area contributed by atoms with Crippen molar-refractivity contribution >= 4 is 30.6 Å². The summed E-state index contributed by atoms with van der Waals surface area (Å²) in [6.07, 6.45) is 6.27. The van der Waals surface area contributed by atoms with E-state index in [4.69, 9.17) is 14.6 Å². The molecule has 0 unspecified atom stereocenters. The molecule has 0 heterocycles. The van der Waals surface area contributed by atoms with Gasteiger partial charge in [-0.15, -0.1) is 0 Å². The molecule has 2 aliphatic carbocycles. The van der Waals surface area contributed by atoms with E-state index < -0.39 is 24.7 Å². The SMILES string of the molecule is CCCCC[C@H](O)CC[C@@H]1[C@H]2Cc3cccc(OCC(=O)O)c3C[C@H]2C[C@H]1OC(=O)N(C)[C@H](C)C(=O)NCCNCCS. The maximum Gasteiger partial charge on any atom is 0.410 e. The number of aliphatic hydroxyl groups is 1. The van der Waals surface area contributed by atoms with E-state index in [9.17, 15) is 19.5 Å². The van der Waals surface area contributed by atoms with Crippen molar-refractivity contribution in [3.8, 4) is 5.75 Å². The number of amides is 2. The molecule has 11 heteroatoms. The Bertz CT molecular complexity index is 1060. The number of unbranched alkanes of at least 4 members (excludes halogenated alkanes) is 2. The van der Waals surface area contributed by atoms with Crippen LogP contribution in [0.4, 0.5) is 4.79 Å². The molecule has 0 spiro atoms. The highest BCUT2D eigenvalue weighted by Crippen LogP contribution is 2.49. The highest BCUT2D eigenvalue weighted by molar-refractivity contribution is 7.80. The molecule has 0 aliphatic heterocycles. The van der Waals surface area contributed by atoms with Crippen LogP contribution in [0.3, 0.4) is 0 Å². The molecular formula is C32H51N3O7S. The Morgan fingerprint density at radius 2 is 1.93 bits per heavy atom. The Hall–Kier alpha value is -2.50. The third kappa shape index (κ3) is 10.3. The predicted octanol–water partition coefficient (Wildman–Crippen LogP) is 3.68. The Kier molecular flexibility index (Phi) is 14.4. The van der Waals surface area contributed by atoms with Crippen LogP contribution in [-0.4, -0.2) is 90.4 Å². The van der Waals surface area contributed by atoms with Gasteiger partial charge in [-0.05, 0) is 80.4 Å². The Morgan fingerprint density at radius 3 is 2.65 bits per heavy atom. The topological polar surface area (TPSA) is 137 Å². The largest absolute Gasteiger partial charge is 0.482 e. The smallest absolute Gasteiger partial charge is 0.410 e. The van der Waals surface area contributed by atoms with Crippen molar-refractivity contribution in [2.75, 3.05) is 39.0 Å². The molecule has 242 valence electrons. The fourth-order valence-electron chi connectivity index (χ4n) is 6.52. The number of carboxylic acid groups (broad SMARTS) is 1. The van der Waals surface area contributed by atoms with Crippen LogP contribution in [-0.2, 0) is 27.2 Å². The van der Waals surface area contributed by atoms with E-state index in [0.717, 1.165) is 62.6 Å². The summed E-state index contributed by atoms with van der Waals surface area (Å²) >= 11 is 4.15. The number of carbonyl (C=O) groups excluding carboxylic acids is 2. The number of thiol groups is 1. The van der Waals surface area contributed by atoms with Crippen LogP contribution in [0.2, 0.25) is 0 Å². The van der Waals surface area contributed by atoms with Gasteiger partial charge in [-0.2, -0.15) is 12.6 Å². The first-order valence-electron chi connectivity index (χ1n) is 15.8. The van der Waals surface area contributed by atoms with Crippen LogP contribution in [0.1, 0.15) is 69.9 Å². The van der Waals surface area contributed by atoms with Crippen molar-refractivity contribution in [1.82, 2.24) is 15.5 Å². The number of nitrogens with one attached hydrogen (secondary N) is 2. The minimum absolute atomic E-state index is 0.0713. The van der Waals surface area contributed by atoms with Gasteiger partial charge < -0.3 is 30.3 Å². The van der Waals surface area contributed by atoms with Gasteiger partial charge in [0.15, 0.2) is 6.61 Å². The van der Waals surface area contributed by atoms with E-state index in [1.165, 1.54) is 4.90 Å². The lowest BCUT2D eigenvalue weighted by Gasteiger charge is -2.33. The number of aliphatic hydroxyl groups excluding tert-OH is 1. The van der Waals surface area contributed by atoms with Crippen molar-refractivity contribution in [2.24, 2.45) is 17.8 Å². The lowest BCUT2D eigenvalue weighted by atomic mass is 9.73. The van der Waals surface area contributed by atoms with Crippen molar-refractivity contribution in [1.29, 1.82) is 0 Å². The number of aliphatic carboxylic acids is 1. The maximum atomic E-state index is 13.3. The highest BCUT2D eigenvalue weighted by Gasteiger charge is 2.47. The summed E-state index contributed by atoms with van der Waals surface area (Å²) in [5.74, 6) is 0.615. The minimum atomic E-state index is -1.02. The number of carbonyl (C=O) groups is 3. The molecule has 0 aromatic heterocycles. The lowest BCUT2D eigenvalue weighted by molar-refractivity contribution is -0.139. The number of nitrogens with zero attached hydrogens (tertiary/aromatic N) is 1. The van der Waals surface area contributed by atoms with Crippen LogP contribution < -0.4 is 15.4 Å². The average Bonchev–Trinajstić information content (AvgIpc) is 3.32. The molecule has 2 amide bonds. The third-order valence-corrected chi connectivity index (χ3v) is 9.26. The van der Waals surface area contributed by atoms with E-state index >= 15 is 0 Å². The zero-order valence-electron chi connectivity index (χ0n) is 25.9. The van der Waals surface area contributed by atoms with Crippen LogP contribution in [0.5, 0.6) is 5.75 Å². The van der Waals surface area contributed by atoms with Crippen LogP contribution in [0.25, 0.3) is 0 Å². The minimum Gasteiger partial charge on any atom is -0.482 e. The molecule has 1 saturated carbocycles. The quantitative estimate of drug-likeness (QED) is 0.124. The molecular weight excluding hydrogens is 570 g/mol. The molecule has 0 bridgehead atoms. The number of fused-ring (bicyclic) bond motifs is 2. The van der Waals surface area contributed by atoms with E-state index in [-0.39, 0.29) is 35.9 Å². The van der Waals surface area contributed by atoms with E-state index in [1.54, 1.807) is 14.0 Å². The predicted molar refractivity (Wildman–Crippen MR) is 169 cm³/mol. The molecule has 1 fully saturated rings. The summed E-state index contributed by atoms with van der Waals surface area (Å²) in [7, 11) is 1.59.